The molecule has 10 heteroatoms. The summed E-state index contributed by atoms with van der Waals surface area (Å²) in [6, 6.07) is -0.972. The van der Waals surface area contributed by atoms with Crippen LogP contribution in [0.3, 0.4) is 0 Å². The van der Waals surface area contributed by atoms with E-state index < -0.39 is 32.5 Å². The summed E-state index contributed by atoms with van der Waals surface area (Å²) in [6.45, 7) is 6.47. The Morgan fingerprint density at radius 1 is 0.468 bits per heavy atom. The molecule has 434 valence electrons. The van der Waals surface area contributed by atoms with Crippen molar-refractivity contribution >= 4 is 19.7 Å². The Labute approximate surface area is 471 Å². The number of esters is 1. The summed E-state index contributed by atoms with van der Waals surface area (Å²) in [5.41, 5.74) is 0. The molecular weight excluding hydrogens is 976 g/mol. The molecule has 9 nitrogen and oxygen atoms in total. The van der Waals surface area contributed by atoms with Crippen molar-refractivity contribution in [3.8, 4) is 0 Å². The molecule has 0 spiro atoms. The third-order valence-electron chi connectivity index (χ3n) is 12.0. The maximum absolute atomic E-state index is 13.5. The van der Waals surface area contributed by atoms with Gasteiger partial charge in [0.1, 0.15) is 19.3 Å². The number of hydrogen-bond donors (Lipinski definition) is 1. The number of phosphoric acid groups is 1. The van der Waals surface area contributed by atoms with E-state index >= 15 is 0 Å². The second kappa shape index (κ2) is 55.0. The van der Waals surface area contributed by atoms with Gasteiger partial charge in [-0.3, -0.25) is 14.2 Å². The monoisotopic (exact) mass is 1080 g/mol. The summed E-state index contributed by atoms with van der Waals surface area (Å²) < 4.78 is 30.1. The fourth-order valence-corrected chi connectivity index (χ4v) is 8.17. The summed E-state index contributed by atoms with van der Waals surface area (Å²) >= 11 is 0. The minimum Gasteiger partial charge on any atom is -0.756 e. The van der Waals surface area contributed by atoms with Crippen LogP contribution >= 0.6 is 7.82 Å². The highest BCUT2D eigenvalue weighted by molar-refractivity contribution is 7.45. The third-order valence-corrected chi connectivity index (χ3v) is 12.9. The summed E-state index contributed by atoms with van der Waals surface area (Å²) in [5.74, 6) is -0.752. The normalized spacial score (nSPS) is 14.8. The number of hydrogen-bond acceptors (Lipinski definition) is 7. The second-order valence-electron chi connectivity index (χ2n) is 20.4. The van der Waals surface area contributed by atoms with E-state index in [1.807, 2.05) is 51.5 Å². The first kappa shape index (κ1) is 72.6. The number of allylic oxidation sites excluding steroid dienone is 25. The topological polar surface area (TPSA) is 114 Å². The Kier molecular flexibility index (Phi) is 51.8. The highest BCUT2D eigenvalue weighted by atomic mass is 31.2. The SMILES string of the molecule is CC/C=C\C/C=C\C/C=C\C/C=C\C/C=C\C/C=C\CCC(=O)NC(COP(=O)([O-])OCC[N+](C)(C)C)C(/C=C/CCCCCCCCCCCCC)OC(=O)CC/C=C\C/C=C\C/C=C\C/C=C\C/C=C\C/C=C\CC. The fourth-order valence-electron chi connectivity index (χ4n) is 7.45. The number of carbonyl (C=O) groups is 2. The van der Waals surface area contributed by atoms with E-state index in [1.54, 1.807) is 6.08 Å². The molecule has 0 fully saturated rings. The van der Waals surface area contributed by atoms with Gasteiger partial charge in [-0.2, -0.15) is 0 Å². The Balaban J connectivity index is 5.59. The van der Waals surface area contributed by atoms with Crippen LogP contribution in [0.2, 0.25) is 0 Å². The van der Waals surface area contributed by atoms with Gasteiger partial charge in [-0.1, -0.05) is 237 Å². The molecule has 3 atom stereocenters. The van der Waals surface area contributed by atoms with E-state index in [4.69, 9.17) is 13.8 Å². The number of nitrogens with one attached hydrogen (secondary N) is 1. The lowest BCUT2D eigenvalue weighted by molar-refractivity contribution is -0.870. The molecule has 1 amide bonds. The van der Waals surface area contributed by atoms with Gasteiger partial charge in [-0.25, -0.2) is 0 Å². The van der Waals surface area contributed by atoms with E-state index in [9.17, 15) is 19.0 Å². The Hall–Kier alpha value is -4.37. The molecule has 0 bridgehead atoms. The van der Waals surface area contributed by atoms with Gasteiger partial charge in [0.15, 0.2) is 0 Å². The lowest BCUT2D eigenvalue weighted by Crippen LogP contribution is -2.47. The zero-order valence-corrected chi connectivity index (χ0v) is 50.2. The number of ether oxygens (including phenoxy) is 1. The van der Waals surface area contributed by atoms with Gasteiger partial charge >= 0.3 is 5.97 Å². The molecule has 0 heterocycles. The highest BCUT2D eigenvalue weighted by Crippen LogP contribution is 2.38. The van der Waals surface area contributed by atoms with E-state index in [2.05, 4.69) is 148 Å². The van der Waals surface area contributed by atoms with Crippen molar-refractivity contribution in [2.45, 2.75) is 213 Å². The smallest absolute Gasteiger partial charge is 0.306 e. The lowest BCUT2D eigenvalue weighted by Gasteiger charge is -2.30. The zero-order valence-electron chi connectivity index (χ0n) is 49.3. The Bertz CT molecular complexity index is 1870. The number of likely N-dealkylation sites (N-methyl/N-ethyl adjacent to an activating group) is 1. The van der Waals surface area contributed by atoms with Crippen molar-refractivity contribution in [2.75, 3.05) is 40.9 Å². The third kappa shape index (κ3) is 56.2. The predicted molar refractivity (Wildman–Crippen MR) is 329 cm³/mol. The van der Waals surface area contributed by atoms with Gasteiger partial charge in [0.05, 0.1) is 33.8 Å². The van der Waals surface area contributed by atoms with E-state index in [0.29, 0.717) is 23.9 Å². The van der Waals surface area contributed by atoms with Crippen LogP contribution in [0.4, 0.5) is 0 Å². The second-order valence-corrected chi connectivity index (χ2v) is 21.8. The van der Waals surface area contributed by atoms with Crippen LogP contribution in [0.5, 0.6) is 0 Å². The Morgan fingerprint density at radius 3 is 1.22 bits per heavy atom. The molecule has 0 aromatic carbocycles. The van der Waals surface area contributed by atoms with Crippen molar-refractivity contribution < 1.29 is 37.3 Å². The quantitative estimate of drug-likeness (QED) is 0.0212. The van der Waals surface area contributed by atoms with Crippen molar-refractivity contribution in [3.05, 3.63) is 158 Å². The van der Waals surface area contributed by atoms with Gasteiger partial charge in [0.25, 0.3) is 7.82 Å². The molecule has 0 aromatic rings. The number of quaternary nitrogens is 1. The van der Waals surface area contributed by atoms with Gasteiger partial charge in [0, 0.05) is 12.8 Å². The number of phosphoric ester groups is 1. The number of unbranched alkanes of at least 4 members (excludes halogenated alkanes) is 11. The average Bonchev–Trinajstić information content (AvgIpc) is 3.39. The number of amides is 1. The van der Waals surface area contributed by atoms with Crippen LogP contribution in [-0.2, 0) is 27.9 Å². The largest absolute Gasteiger partial charge is 0.756 e. The maximum Gasteiger partial charge on any atom is 0.306 e. The molecule has 0 rings (SSSR count). The molecule has 0 radical (unpaired) electrons. The maximum atomic E-state index is 13.5. The summed E-state index contributed by atoms with van der Waals surface area (Å²) in [4.78, 5) is 39.9. The molecule has 0 saturated heterocycles. The number of nitrogens with zero attached hydrogens (tertiary/aromatic N) is 1. The van der Waals surface area contributed by atoms with Crippen LogP contribution < -0.4 is 10.2 Å². The minimum atomic E-state index is -4.75. The number of rotatable bonds is 51. The fraction of sp³-hybridized carbons (Fsp3) is 0.582. The number of carbonyl (C=O) groups excluding carboxylic acids is 2. The standard InChI is InChI=1S/C67H109N2O7P/c1-7-10-13-16-19-22-25-28-30-32-34-36-38-41-44-47-50-53-56-59-66(70)68-64(63-75-77(72,73)74-62-61-69(4,5)6)65(58-55-52-49-46-43-40-27-24-21-18-15-12-9-3)76-67(71)60-57-54-51-48-45-42-39-37-35-33-31-29-26-23-20-17-14-11-8-2/h10-11,13-14,19-20,22-23,28-31,34-37,41-42,44-45,50-51,53-55,58,64-65H,7-9,12,15-18,21,24-27,32-33,38-40,43,46-49,52,56-57,59-63H2,1-6H3,(H-,68,70,72,73)/b13-10-,14-11-,22-19-,23-20-,30-28-,31-29-,36-34-,37-35-,44-41-,45-42-,53-50-,54-51-,58-55+. The van der Waals surface area contributed by atoms with Gasteiger partial charge in [0.2, 0.25) is 5.91 Å². The van der Waals surface area contributed by atoms with Crippen LogP contribution in [0, 0.1) is 0 Å². The van der Waals surface area contributed by atoms with Crippen LogP contribution in [0.1, 0.15) is 201 Å². The average molecular weight is 1090 g/mol. The molecule has 1 N–H and O–H groups in total. The van der Waals surface area contributed by atoms with Crippen LogP contribution in [0.15, 0.2) is 158 Å². The van der Waals surface area contributed by atoms with Gasteiger partial charge < -0.3 is 28.5 Å². The van der Waals surface area contributed by atoms with Crippen molar-refractivity contribution in [1.29, 1.82) is 0 Å². The lowest BCUT2D eigenvalue weighted by atomic mass is 10.0. The predicted octanol–water partition coefficient (Wildman–Crippen LogP) is 17.8. The highest BCUT2D eigenvalue weighted by Gasteiger charge is 2.27. The molecule has 0 aromatic heterocycles. The summed E-state index contributed by atoms with van der Waals surface area (Å²) in [7, 11) is 1.07. The summed E-state index contributed by atoms with van der Waals surface area (Å²) in [5, 5.41) is 2.95. The summed E-state index contributed by atoms with van der Waals surface area (Å²) in [6.07, 6.45) is 81.0. The molecular formula is C67H109N2O7P. The first-order chi connectivity index (χ1) is 37.4. The van der Waals surface area contributed by atoms with Crippen molar-refractivity contribution in [1.82, 2.24) is 5.32 Å². The molecule has 3 unspecified atom stereocenters. The zero-order chi connectivity index (χ0) is 56.4. The first-order valence-electron chi connectivity index (χ1n) is 29.8. The van der Waals surface area contributed by atoms with E-state index in [-0.39, 0.29) is 25.4 Å². The van der Waals surface area contributed by atoms with Crippen molar-refractivity contribution in [2.24, 2.45) is 0 Å². The molecule has 0 aliphatic rings. The molecule has 77 heavy (non-hydrogen) atoms. The first-order valence-corrected chi connectivity index (χ1v) is 31.3. The van der Waals surface area contributed by atoms with Gasteiger partial charge in [-0.05, 0) is 109 Å². The van der Waals surface area contributed by atoms with Gasteiger partial charge in [-0.15, -0.1) is 0 Å². The van der Waals surface area contributed by atoms with Crippen molar-refractivity contribution in [3.63, 3.8) is 0 Å². The van der Waals surface area contributed by atoms with E-state index in [0.717, 1.165) is 96.3 Å². The molecule has 0 aliphatic heterocycles. The van der Waals surface area contributed by atoms with Crippen LogP contribution in [-0.4, -0.2) is 69.4 Å². The molecule has 0 aliphatic carbocycles. The molecule has 0 saturated carbocycles. The van der Waals surface area contributed by atoms with E-state index in [1.165, 1.54) is 57.8 Å². The van der Waals surface area contributed by atoms with Crippen LogP contribution in [0.25, 0.3) is 0 Å². The minimum absolute atomic E-state index is 0.0564. The Morgan fingerprint density at radius 2 is 0.831 bits per heavy atom.